The van der Waals surface area contributed by atoms with Crippen molar-refractivity contribution in [1.82, 2.24) is 0 Å². The van der Waals surface area contributed by atoms with Crippen molar-refractivity contribution >= 4 is 23.1 Å². The summed E-state index contributed by atoms with van der Waals surface area (Å²) in [4.78, 5) is 28.2. The van der Waals surface area contributed by atoms with Gasteiger partial charge in [-0.3, -0.25) is 14.5 Å². The highest BCUT2D eigenvalue weighted by Gasteiger charge is 2.47. The third-order valence-corrected chi connectivity index (χ3v) is 6.49. The van der Waals surface area contributed by atoms with Crippen LogP contribution in [0.15, 0.2) is 78.4 Å². The average molecular weight is 500 g/mol. The molecule has 0 saturated carbocycles. The first-order valence-electron chi connectivity index (χ1n) is 12.4. The van der Waals surface area contributed by atoms with E-state index in [1.54, 1.807) is 55.6 Å². The molecule has 1 unspecified atom stereocenters. The summed E-state index contributed by atoms with van der Waals surface area (Å²) in [5.74, 6) is -0.339. The van der Waals surface area contributed by atoms with Crippen molar-refractivity contribution in [2.24, 2.45) is 0 Å². The zero-order valence-corrected chi connectivity index (χ0v) is 21.9. The van der Waals surface area contributed by atoms with E-state index in [2.05, 4.69) is 20.8 Å². The predicted octanol–water partition coefficient (Wildman–Crippen LogP) is 6.41. The Hall–Kier alpha value is -4.06. The molecule has 3 aromatic carbocycles. The Bertz CT molecular complexity index is 1300. The van der Waals surface area contributed by atoms with E-state index in [1.165, 1.54) is 4.90 Å². The number of ketones is 1. The van der Waals surface area contributed by atoms with Crippen molar-refractivity contribution in [2.45, 2.75) is 45.6 Å². The van der Waals surface area contributed by atoms with Crippen LogP contribution in [0.2, 0.25) is 0 Å². The lowest BCUT2D eigenvalue weighted by molar-refractivity contribution is -0.132. The second-order valence-electron chi connectivity index (χ2n) is 10.1. The summed E-state index contributed by atoms with van der Waals surface area (Å²) < 4.78 is 10.9. The third-order valence-electron chi connectivity index (χ3n) is 6.49. The highest BCUT2D eigenvalue weighted by atomic mass is 16.5. The Morgan fingerprint density at radius 3 is 2.03 bits per heavy atom. The number of anilines is 1. The van der Waals surface area contributed by atoms with E-state index in [9.17, 15) is 14.7 Å². The Morgan fingerprint density at radius 1 is 0.892 bits per heavy atom. The minimum atomic E-state index is -0.793. The van der Waals surface area contributed by atoms with Crippen LogP contribution in [-0.4, -0.2) is 30.5 Å². The number of carbonyl (C=O) groups excluding carboxylic acids is 2. The summed E-state index contributed by atoms with van der Waals surface area (Å²) in [7, 11) is 1.57. The maximum atomic E-state index is 13.4. The van der Waals surface area contributed by atoms with Gasteiger partial charge in [0.1, 0.15) is 17.3 Å². The highest BCUT2D eigenvalue weighted by Crippen LogP contribution is 2.43. The third kappa shape index (κ3) is 5.24. The zero-order chi connectivity index (χ0) is 26.7. The van der Waals surface area contributed by atoms with E-state index >= 15 is 0 Å². The van der Waals surface area contributed by atoms with Crippen LogP contribution in [0.3, 0.4) is 0 Å². The molecule has 6 nitrogen and oxygen atoms in total. The van der Waals surface area contributed by atoms with Crippen molar-refractivity contribution in [1.29, 1.82) is 0 Å². The lowest BCUT2D eigenvalue weighted by atomic mass is 9.85. The topological polar surface area (TPSA) is 76.1 Å². The minimum Gasteiger partial charge on any atom is -0.507 e. The van der Waals surface area contributed by atoms with Gasteiger partial charge in [0, 0.05) is 11.3 Å². The Kier molecular flexibility index (Phi) is 7.39. The molecule has 1 amide bonds. The van der Waals surface area contributed by atoms with Crippen LogP contribution in [-0.2, 0) is 15.0 Å². The summed E-state index contributed by atoms with van der Waals surface area (Å²) in [6, 6.07) is 20.9. The number of amides is 1. The van der Waals surface area contributed by atoms with Crippen molar-refractivity contribution in [3.05, 3.63) is 95.1 Å². The van der Waals surface area contributed by atoms with Crippen LogP contribution in [0.5, 0.6) is 11.5 Å². The smallest absolute Gasteiger partial charge is 0.300 e. The van der Waals surface area contributed by atoms with Gasteiger partial charge in [-0.1, -0.05) is 52.0 Å². The van der Waals surface area contributed by atoms with Crippen LogP contribution < -0.4 is 14.4 Å². The monoisotopic (exact) mass is 499 g/mol. The van der Waals surface area contributed by atoms with Crippen molar-refractivity contribution in [2.75, 3.05) is 18.6 Å². The van der Waals surface area contributed by atoms with E-state index in [-0.39, 0.29) is 16.7 Å². The molecule has 1 saturated heterocycles. The lowest BCUT2D eigenvalue weighted by Gasteiger charge is -2.26. The lowest BCUT2D eigenvalue weighted by Crippen LogP contribution is -2.29. The van der Waals surface area contributed by atoms with Gasteiger partial charge in [-0.25, -0.2) is 0 Å². The van der Waals surface area contributed by atoms with Crippen molar-refractivity contribution in [3.63, 3.8) is 0 Å². The van der Waals surface area contributed by atoms with Gasteiger partial charge in [0.25, 0.3) is 11.7 Å². The van der Waals surface area contributed by atoms with Gasteiger partial charge in [0.05, 0.1) is 25.3 Å². The number of benzene rings is 3. The second kappa shape index (κ2) is 10.5. The Morgan fingerprint density at radius 2 is 1.49 bits per heavy atom. The quantitative estimate of drug-likeness (QED) is 0.231. The molecule has 1 aliphatic heterocycles. The van der Waals surface area contributed by atoms with Gasteiger partial charge >= 0.3 is 0 Å². The summed E-state index contributed by atoms with van der Waals surface area (Å²) in [6.07, 6.45) is 0.880. The number of aliphatic hydroxyl groups is 1. The molecule has 37 heavy (non-hydrogen) atoms. The Labute approximate surface area is 218 Å². The normalized spacial score (nSPS) is 17.2. The summed E-state index contributed by atoms with van der Waals surface area (Å²) in [5.41, 5.74) is 2.82. The van der Waals surface area contributed by atoms with Crippen LogP contribution >= 0.6 is 0 Å². The molecule has 0 aliphatic carbocycles. The first-order valence-corrected chi connectivity index (χ1v) is 12.4. The SMILES string of the molecule is CCCOc1ccc(/C(O)=C2/C(=O)C(=O)N(c3ccc(OC)cc3)C2c2ccc(C(C)(C)C)cc2)cc1. The summed E-state index contributed by atoms with van der Waals surface area (Å²) >= 11 is 0. The molecule has 1 aliphatic rings. The average Bonchev–Trinajstić information content (AvgIpc) is 3.17. The molecule has 1 fully saturated rings. The number of hydrogen-bond acceptors (Lipinski definition) is 5. The number of carbonyl (C=O) groups is 2. The first-order chi connectivity index (χ1) is 17.7. The Balaban J connectivity index is 1.84. The van der Waals surface area contributed by atoms with Crippen molar-refractivity contribution < 1.29 is 24.2 Å². The second-order valence-corrected chi connectivity index (χ2v) is 10.1. The van der Waals surface area contributed by atoms with Crippen molar-refractivity contribution in [3.8, 4) is 11.5 Å². The van der Waals surface area contributed by atoms with Crippen LogP contribution in [0.1, 0.15) is 56.8 Å². The highest BCUT2D eigenvalue weighted by molar-refractivity contribution is 6.51. The molecule has 0 spiro atoms. The van der Waals surface area contributed by atoms with E-state index < -0.39 is 17.7 Å². The molecule has 0 bridgehead atoms. The van der Waals surface area contributed by atoms with Crippen LogP contribution in [0.4, 0.5) is 5.69 Å². The maximum absolute atomic E-state index is 13.4. The maximum Gasteiger partial charge on any atom is 0.300 e. The van der Waals surface area contributed by atoms with E-state index in [0.717, 1.165) is 17.5 Å². The fourth-order valence-electron chi connectivity index (χ4n) is 4.41. The number of hydrogen-bond donors (Lipinski definition) is 1. The molecule has 3 aromatic rings. The molecule has 6 heteroatoms. The molecule has 1 N–H and O–H groups in total. The van der Waals surface area contributed by atoms with E-state index in [1.807, 2.05) is 31.2 Å². The van der Waals surface area contributed by atoms with Gasteiger partial charge in [-0.2, -0.15) is 0 Å². The van der Waals surface area contributed by atoms with E-state index in [4.69, 9.17) is 9.47 Å². The summed E-state index contributed by atoms with van der Waals surface area (Å²) in [6.45, 7) is 8.98. The molecular formula is C31H33NO5. The fourth-order valence-corrected chi connectivity index (χ4v) is 4.41. The molecule has 1 heterocycles. The number of nitrogens with zero attached hydrogens (tertiary/aromatic N) is 1. The number of aliphatic hydroxyl groups excluding tert-OH is 1. The molecular weight excluding hydrogens is 466 g/mol. The first kappa shape index (κ1) is 26.0. The standard InChI is InChI=1S/C31H33NO5/c1-6-19-37-25-15-9-21(10-16-25)28(33)26-27(20-7-11-22(12-8-20)31(2,3)4)32(30(35)29(26)34)23-13-17-24(36-5)18-14-23/h7-18,27,33H,6,19H2,1-5H3/b28-26-. The van der Waals surface area contributed by atoms with Crippen LogP contribution in [0.25, 0.3) is 5.76 Å². The number of ether oxygens (including phenoxy) is 2. The number of rotatable bonds is 7. The molecule has 0 aromatic heterocycles. The largest absolute Gasteiger partial charge is 0.507 e. The van der Waals surface area contributed by atoms with Gasteiger partial charge in [-0.15, -0.1) is 0 Å². The molecule has 192 valence electrons. The summed E-state index contributed by atoms with van der Waals surface area (Å²) in [5, 5.41) is 11.4. The number of Topliss-reactive ketones (excluding diaryl/α,β-unsaturated/α-hetero) is 1. The molecule has 1 atom stereocenters. The molecule has 4 rings (SSSR count). The molecule has 0 radical (unpaired) electrons. The van der Waals surface area contributed by atoms with Crippen LogP contribution in [0, 0.1) is 0 Å². The van der Waals surface area contributed by atoms with E-state index in [0.29, 0.717) is 29.4 Å². The van der Waals surface area contributed by atoms with Gasteiger partial charge in [0.15, 0.2) is 0 Å². The zero-order valence-electron chi connectivity index (χ0n) is 21.9. The predicted molar refractivity (Wildman–Crippen MR) is 145 cm³/mol. The number of methoxy groups -OCH3 is 1. The minimum absolute atomic E-state index is 0.0477. The fraction of sp³-hybridized carbons (Fsp3) is 0.290. The van der Waals surface area contributed by atoms with Gasteiger partial charge in [-0.05, 0) is 71.5 Å². The van der Waals surface area contributed by atoms with Gasteiger partial charge < -0.3 is 14.6 Å². The van der Waals surface area contributed by atoms with Gasteiger partial charge in [0.2, 0.25) is 0 Å².